The SMILES string of the molecule is O[C@@H]1C[C@H](c2cn3cc(C4CC4)ccc3n2)N(c2cc(Br)ncn2)C1. The van der Waals surface area contributed by atoms with Gasteiger partial charge in [0.05, 0.1) is 17.8 Å². The summed E-state index contributed by atoms with van der Waals surface area (Å²) in [4.78, 5) is 15.4. The molecule has 128 valence electrons. The lowest BCUT2D eigenvalue weighted by Gasteiger charge is -2.23. The van der Waals surface area contributed by atoms with E-state index in [0.717, 1.165) is 27.7 Å². The quantitative estimate of drug-likeness (QED) is 0.685. The zero-order valence-corrected chi connectivity index (χ0v) is 15.2. The van der Waals surface area contributed by atoms with Crippen LogP contribution in [0.3, 0.4) is 0 Å². The molecule has 2 atom stereocenters. The maximum Gasteiger partial charge on any atom is 0.137 e. The highest BCUT2D eigenvalue weighted by atomic mass is 79.9. The van der Waals surface area contributed by atoms with E-state index < -0.39 is 0 Å². The van der Waals surface area contributed by atoms with Crippen molar-refractivity contribution >= 4 is 27.4 Å². The van der Waals surface area contributed by atoms with Crippen molar-refractivity contribution in [2.75, 3.05) is 11.4 Å². The number of β-amino-alcohol motifs (C(OH)–C–C–N with tert-alkyl or cyclic N) is 1. The van der Waals surface area contributed by atoms with Gasteiger partial charge in [-0.2, -0.15) is 0 Å². The standard InChI is InChI=1S/C18H18BrN5O/c19-16-6-18(21-10-20-16)24-8-13(25)5-15(24)14-9-23-7-12(11-1-2-11)3-4-17(23)22-14/h3-4,6-7,9-11,13,15,25H,1-2,5,8H2/t13-,15-/m1/s1. The fraction of sp³-hybridized carbons (Fsp3) is 0.389. The van der Waals surface area contributed by atoms with Gasteiger partial charge in [0.15, 0.2) is 0 Å². The number of fused-ring (bicyclic) bond motifs is 1. The summed E-state index contributed by atoms with van der Waals surface area (Å²) in [5.41, 5.74) is 3.31. The fourth-order valence-corrected chi connectivity index (χ4v) is 3.97. The first-order chi connectivity index (χ1) is 12.2. The van der Waals surface area contributed by atoms with E-state index >= 15 is 0 Å². The van der Waals surface area contributed by atoms with E-state index in [0.29, 0.717) is 13.0 Å². The Balaban J connectivity index is 1.52. The van der Waals surface area contributed by atoms with Crippen LogP contribution in [0, 0.1) is 0 Å². The van der Waals surface area contributed by atoms with Gasteiger partial charge in [0, 0.05) is 31.4 Å². The molecule has 0 bridgehead atoms. The molecule has 0 unspecified atom stereocenters. The maximum atomic E-state index is 10.2. The first-order valence-electron chi connectivity index (χ1n) is 8.58. The van der Waals surface area contributed by atoms with Gasteiger partial charge < -0.3 is 14.4 Å². The molecular formula is C18H18BrN5O. The van der Waals surface area contributed by atoms with Crippen LogP contribution in [0.4, 0.5) is 5.82 Å². The molecule has 7 heteroatoms. The minimum absolute atomic E-state index is 0.0149. The van der Waals surface area contributed by atoms with Crippen LogP contribution in [0.25, 0.3) is 5.65 Å². The molecule has 0 radical (unpaired) electrons. The topological polar surface area (TPSA) is 66.6 Å². The third-order valence-corrected chi connectivity index (χ3v) is 5.51. The Morgan fingerprint density at radius 3 is 2.84 bits per heavy atom. The third-order valence-electron chi connectivity index (χ3n) is 5.08. The highest BCUT2D eigenvalue weighted by molar-refractivity contribution is 9.10. The molecule has 1 N–H and O–H groups in total. The number of nitrogens with zero attached hydrogens (tertiary/aromatic N) is 5. The Kier molecular flexibility index (Phi) is 3.53. The minimum Gasteiger partial charge on any atom is -0.391 e. The molecule has 6 nitrogen and oxygen atoms in total. The summed E-state index contributed by atoms with van der Waals surface area (Å²) >= 11 is 3.40. The summed E-state index contributed by atoms with van der Waals surface area (Å²) in [5, 5.41) is 10.2. The van der Waals surface area contributed by atoms with Gasteiger partial charge in [0.2, 0.25) is 0 Å². The van der Waals surface area contributed by atoms with Gasteiger partial charge in [-0.1, -0.05) is 6.07 Å². The van der Waals surface area contributed by atoms with Crippen LogP contribution in [0.2, 0.25) is 0 Å². The molecule has 1 aliphatic heterocycles. The fourth-order valence-electron chi connectivity index (χ4n) is 3.68. The van der Waals surface area contributed by atoms with Crippen LogP contribution in [-0.2, 0) is 0 Å². The summed E-state index contributed by atoms with van der Waals surface area (Å²) in [6, 6.07) is 6.17. The van der Waals surface area contributed by atoms with Crippen molar-refractivity contribution in [3.63, 3.8) is 0 Å². The second kappa shape index (κ2) is 5.78. The Bertz CT molecular complexity index is 938. The molecule has 4 heterocycles. The Morgan fingerprint density at radius 1 is 1.16 bits per heavy atom. The zero-order chi connectivity index (χ0) is 17.0. The molecule has 3 aromatic rings. The number of pyridine rings is 1. The van der Waals surface area contributed by atoms with E-state index in [2.05, 4.69) is 59.7 Å². The van der Waals surface area contributed by atoms with E-state index in [-0.39, 0.29) is 12.1 Å². The Labute approximate surface area is 153 Å². The van der Waals surface area contributed by atoms with Crippen LogP contribution in [0.5, 0.6) is 0 Å². The Morgan fingerprint density at radius 2 is 2.04 bits per heavy atom. The summed E-state index contributed by atoms with van der Waals surface area (Å²) < 4.78 is 2.85. The largest absolute Gasteiger partial charge is 0.391 e. The van der Waals surface area contributed by atoms with Crippen LogP contribution in [-0.4, -0.2) is 37.1 Å². The van der Waals surface area contributed by atoms with Gasteiger partial charge in [0.25, 0.3) is 0 Å². The number of hydrogen-bond acceptors (Lipinski definition) is 5. The molecule has 25 heavy (non-hydrogen) atoms. The van der Waals surface area contributed by atoms with Crippen molar-refractivity contribution in [1.82, 2.24) is 19.4 Å². The van der Waals surface area contributed by atoms with E-state index in [4.69, 9.17) is 4.98 Å². The molecule has 2 fully saturated rings. The molecular weight excluding hydrogens is 382 g/mol. The van der Waals surface area contributed by atoms with Crippen molar-refractivity contribution in [2.45, 2.75) is 37.3 Å². The maximum absolute atomic E-state index is 10.2. The third kappa shape index (κ3) is 2.81. The molecule has 1 saturated heterocycles. The lowest BCUT2D eigenvalue weighted by molar-refractivity contribution is 0.194. The number of aliphatic hydroxyl groups is 1. The van der Waals surface area contributed by atoms with Gasteiger partial charge in [-0.15, -0.1) is 0 Å². The normalized spacial score (nSPS) is 23.5. The van der Waals surface area contributed by atoms with Crippen molar-refractivity contribution in [2.24, 2.45) is 0 Å². The lowest BCUT2D eigenvalue weighted by Crippen LogP contribution is -2.25. The van der Waals surface area contributed by atoms with Gasteiger partial charge >= 0.3 is 0 Å². The number of aromatic nitrogens is 4. The highest BCUT2D eigenvalue weighted by Crippen LogP contribution is 2.40. The van der Waals surface area contributed by atoms with E-state index in [1.165, 1.54) is 24.7 Å². The first-order valence-corrected chi connectivity index (χ1v) is 9.37. The number of anilines is 1. The number of halogens is 1. The molecule has 2 aliphatic rings. The number of imidazole rings is 1. The van der Waals surface area contributed by atoms with Crippen molar-refractivity contribution < 1.29 is 5.11 Å². The second-order valence-electron chi connectivity index (χ2n) is 6.92. The summed E-state index contributed by atoms with van der Waals surface area (Å²) in [5.74, 6) is 1.53. The lowest BCUT2D eigenvalue weighted by atomic mass is 10.1. The van der Waals surface area contributed by atoms with Crippen molar-refractivity contribution in [1.29, 1.82) is 0 Å². The number of rotatable bonds is 3. The summed E-state index contributed by atoms with van der Waals surface area (Å²) in [6.45, 7) is 0.551. The number of hydrogen-bond donors (Lipinski definition) is 1. The predicted octanol–water partition coefficient (Wildman–Crippen LogP) is 3.08. The Hall–Kier alpha value is -1.99. The smallest absolute Gasteiger partial charge is 0.137 e. The van der Waals surface area contributed by atoms with Crippen LogP contribution >= 0.6 is 15.9 Å². The zero-order valence-electron chi connectivity index (χ0n) is 13.6. The molecule has 0 spiro atoms. The summed E-state index contributed by atoms with van der Waals surface area (Å²) in [7, 11) is 0. The average Bonchev–Trinajstić information content (AvgIpc) is 3.25. The van der Waals surface area contributed by atoms with Crippen LogP contribution in [0.1, 0.15) is 42.5 Å². The van der Waals surface area contributed by atoms with Gasteiger partial charge in [-0.05, 0) is 46.3 Å². The van der Waals surface area contributed by atoms with Crippen molar-refractivity contribution in [3.05, 3.63) is 52.8 Å². The number of aliphatic hydroxyl groups excluding tert-OH is 1. The molecule has 5 rings (SSSR count). The predicted molar refractivity (Wildman–Crippen MR) is 97.6 cm³/mol. The molecule has 0 amide bonds. The molecule has 3 aromatic heterocycles. The minimum atomic E-state index is -0.384. The van der Waals surface area contributed by atoms with Gasteiger partial charge in [-0.3, -0.25) is 0 Å². The van der Waals surface area contributed by atoms with E-state index in [1.54, 1.807) is 0 Å². The molecule has 0 aromatic carbocycles. The monoisotopic (exact) mass is 399 g/mol. The van der Waals surface area contributed by atoms with E-state index in [1.807, 2.05) is 6.07 Å². The van der Waals surface area contributed by atoms with Gasteiger partial charge in [-0.25, -0.2) is 15.0 Å². The highest BCUT2D eigenvalue weighted by Gasteiger charge is 2.35. The molecule has 1 saturated carbocycles. The van der Waals surface area contributed by atoms with Crippen LogP contribution < -0.4 is 4.90 Å². The van der Waals surface area contributed by atoms with Crippen LogP contribution in [0.15, 0.2) is 41.5 Å². The van der Waals surface area contributed by atoms with Gasteiger partial charge in [0.1, 0.15) is 22.4 Å². The average molecular weight is 400 g/mol. The first kappa shape index (κ1) is 15.3. The van der Waals surface area contributed by atoms with E-state index in [9.17, 15) is 5.11 Å². The molecule has 1 aliphatic carbocycles. The summed E-state index contributed by atoms with van der Waals surface area (Å²) in [6.07, 6.45) is 8.67. The van der Waals surface area contributed by atoms with Crippen molar-refractivity contribution in [3.8, 4) is 0 Å². The second-order valence-corrected chi connectivity index (χ2v) is 7.74.